The molecule has 0 saturated carbocycles. The molecule has 0 aliphatic heterocycles. The van der Waals surface area contributed by atoms with E-state index < -0.39 is 16.1 Å². The molecule has 33 heavy (non-hydrogen) atoms. The van der Waals surface area contributed by atoms with Crippen molar-refractivity contribution >= 4 is 27.3 Å². The fourth-order valence-electron chi connectivity index (χ4n) is 3.63. The molecule has 176 valence electrons. The Morgan fingerprint density at radius 1 is 0.909 bits per heavy atom. The van der Waals surface area contributed by atoms with Crippen molar-refractivity contribution < 1.29 is 18.6 Å². The van der Waals surface area contributed by atoms with E-state index in [0.717, 1.165) is 17.4 Å². The lowest BCUT2D eigenvalue weighted by molar-refractivity contribution is 0.0957. The summed E-state index contributed by atoms with van der Waals surface area (Å²) in [5.74, 6) is 0. The maximum Gasteiger partial charge on any atom is 0.232 e. The fraction of sp³-hybridized carbons (Fsp3) is 0.280. The Hall–Kier alpha value is -2.42. The van der Waals surface area contributed by atoms with Crippen molar-refractivity contribution in [2.45, 2.75) is 19.2 Å². The van der Waals surface area contributed by atoms with Gasteiger partial charge >= 0.3 is 0 Å². The van der Waals surface area contributed by atoms with Crippen LogP contribution in [0.4, 0.5) is 5.69 Å². The van der Waals surface area contributed by atoms with Gasteiger partial charge in [0.05, 0.1) is 36.2 Å². The lowest BCUT2D eigenvalue weighted by atomic mass is 10.1. The van der Waals surface area contributed by atoms with Crippen molar-refractivity contribution in [3.05, 3.63) is 101 Å². The molecule has 0 amide bonds. The van der Waals surface area contributed by atoms with E-state index in [2.05, 4.69) is 0 Å². The minimum Gasteiger partial charge on any atom is -0.395 e. The second kappa shape index (κ2) is 11.6. The number of aliphatic hydroxyl groups is 2. The molecule has 0 radical (unpaired) electrons. The normalized spacial score (nSPS) is 12.6. The molecule has 3 aromatic rings. The Kier molecular flexibility index (Phi) is 8.88. The largest absolute Gasteiger partial charge is 0.395 e. The monoisotopic (exact) mass is 488 g/mol. The molecule has 0 fully saturated rings. The molecule has 0 heterocycles. The average Bonchev–Trinajstić information content (AvgIpc) is 2.79. The van der Waals surface area contributed by atoms with Gasteiger partial charge in [0.2, 0.25) is 10.0 Å². The van der Waals surface area contributed by atoms with Gasteiger partial charge in [0.15, 0.2) is 0 Å². The first-order chi connectivity index (χ1) is 15.8. The van der Waals surface area contributed by atoms with Gasteiger partial charge in [-0.3, -0.25) is 9.21 Å². The van der Waals surface area contributed by atoms with Crippen molar-refractivity contribution in [3.8, 4) is 0 Å². The van der Waals surface area contributed by atoms with E-state index in [0.29, 0.717) is 24.3 Å². The summed E-state index contributed by atoms with van der Waals surface area (Å²) in [6.07, 6.45) is 0.243. The fourth-order valence-corrected chi connectivity index (χ4v) is 4.79. The van der Waals surface area contributed by atoms with E-state index >= 15 is 0 Å². The minimum atomic E-state index is -3.63. The molecule has 0 spiro atoms. The Morgan fingerprint density at radius 3 is 2.03 bits per heavy atom. The number of sulfonamides is 1. The molecule has 0 saturated heterocycles. The van der Waals surface area contributed by atoms with Crippen molar-refractivity contribution in [3.63, 3.8) is 0 Å². The zero-order valence-electron chi connectivity index (χ0n) is 18.5. The van der Waals surface area contributed by atoms with E-state index in [4.69, 9.17) is 11.6 Å². The van der Waals surface area contributed by atoms with Crippen LogP contribution < -0.4 is 4.31 Å². The Labute approximate surface area is 200 Å². The van der Waals surface area contributed by atoms with Crippen molar-refractivity contribution in [1.82, 2.24) is 4.90 Å². The van der Waals surface area contributed by atoms with Gasteiger partial charge in [0.1, 0.15) is 0 Å². The number of halogens is 1. The number of hydrogen-bond donors (Lipinski definition) is 2. The summed E-state index contributed by atoms with van der Waals surface area (Å²) in [5, 5.41) is 20.7. The molecule has 2 N–H and O–H groups in total. The molecular formula is C25H29ClN2O4S. The lowest BCUT2D eigenvalue weighted by Crippen LogP contribution is -2.31. The van der Waals surface area contributed by atoms with Crippen LogP contribution in [0.3, 0.4) is 0 Å². The van der Waals surface area contributed by atoms with Gasteiger partial charge in [-0.1, -0.05) is 78.3 Å². The minimum absolute atomic E-state index is 0.0373. The van der Waals surface area contributed by atoms with Crippen molar-refractivity contribution in [2.24, 2.45) is 0 Å². The molecule has 3 aromatic carbocycles. The van der Waals surface area contributed by atoms with Crippen LogP contribution in [0.25, 0.3) is 0 Å². The number of hydrogen-bond acceptors (Lipinski definition) is 5. The average molecular weight is 489 g/mol. The van der Waals surface area contributed by atoms with E-state index in [1.54, 1.807) is 18.2 Å². The molecule has 0 aromatic heterocycles. The first kappa shape index (κ1) is 25.2. The highest BCUT2D eigenvalue weighted by molar-refractivity contribution is 7.92. The molecule has 0 aliphatic rings. The Bertz CT molecular complexity index is 1130. The van der Waals surface area contributed by atoms with Crippen LogP contribution in [0.5, 0.6) is 0 Å². The number of anilines is 1. The second-order valence-electron chi connectivity index (χ2n) is 7.93. The standard InChI is InChI=1S/C25H29ClN2O4S/c1-33(31,32)28(18-21-10-6-3-7-11-21)24-16-22(12-13-23(24)26)25(30)19-27(14-15-29)17-20-8-4-2-5-9-20/h2-13,16,25,29-30H,14-15,17-19H2,1H3. The van der Waals surface area contributed by atoms with E-state index in [9.17, 15) is 18.6 Å². The molecule has 6 nitrogen and oxygen atoms in total. The third kappa shape index (κ3) is 7.28. The maximum absolute atomic E-state index is 12.6. The molecule has 0 aliphatic carbocycles. The summed E-state index contributed by atoms with van der Waals surface area (Å²) in [5.41, 5.74) is 2.76. The number of nitrogens with zero attached hydrogens (tertiary/aromatic N) is 2. The summed E-state index contributed by atoms with van der Waals surface area (Å²) in [6.45, 7) is 1.33. The third-order valence-corrected chi connectivity index (χ3v) is 6.74. The summed E-state index contributed by atoms with van der Waals surface area (Å²) in [6, 6.07) is 24.0. The number of benzene rings is 3. The van der Waals surface area contributed by atoms with Gasteiger partial charge in [-0.05, 0) is 28.8 Å². The quantitative estimate of drug-likeness (QED) is 0.428. The Morgan fingerprint density at radius 2 is 1.48 bits per heavy atom. The number of rotatable bonds is 11. The predicted molar refractivity (Wildman–Crippen MR) is 133 cm³/mol. The van der Waals surface area contributed by atoms with Crippen molar-refractivity contribution in [2.75, 3.05) is 30.3 Å². The van der Waals surface area contributed by atoms with E-state index in [-0.39, 0.29) is 24.7 Å². The van der Waals surface area contributed by atoms with Crippen molar-refractivity contribution in [1.29, 1.82) is 0 Å². The zero-order valence-corrected chi connectivity index (χ0v) is 20.1. The van der Waals surface area contributed by atoms with Gasteiger partial charge in [0, 0.05) is 19.6 Å². The van der Waals surface area contributed by atoms with Crippen LogP contribution in [0.1, 0.15) is 22.8 Å². The topological polar surface area (TPSA) is 81.1 Å². The van der Waals surface area contributed by atoms with E-state index in [1.165, 1.54) is 4.31 Å². The highest BCUT2D eigenvalue weighted by Gasteiger charge is 2.23. The van der Waals surface area contributed by atoms with E-state index in [1.807, 2.05) is 65.6 Å². The van der Waals surface area contributed by atoms with Gasteiger partial charge in [-0.25, -0.2) is 8.42 Å². The molecule has 1 unspecified atom stereocenters. The Balaban J connectivity index is 1.84. The van der Waals surface area contributed by atoms with Gasteiger partial charge in [-0.15, -0.1) is 0 Å². The van der Waals surface area contributed by atoms with Gasteiger partial charge < -0.3 is 10.2 Å². The molecule has 3 rings (SSSR count). The SMILES string of the molecule is CS(=O)(=O)N(Cc1ccccc1)c1cc(C(O)CN(CCO)Cc2ccccc2)ccc1Cl. The van der Waals surface area contributed by atoms with Crippen LogP contribution in [-0.4, -0.2) is 49.5 Å². The number of aliphatic hydroxyl groups excluding tert-OH is 2. The van der Waals surface area contributed by atoms with Crippen LogP contribution in [-0.2, 0) is 23.1 Å². The maximum atomic E-state index is 12.6. The molecule has 1 atom stereocenters. The summed E-state index contributed by atoms with van der Waals surface area (Å²) in [7, 11) is -3.63. The second-order valence-corrected chi connectivity index (χ2v) is 10.2. The molecule has 0 bridgehead atoms. The molecular weight excluding hydrogens is 460 g/mol. The van der Waals surface area contributed by atoms with Crippen LogP contribution in [0.15, 0.2) is 78.9 Å². The predicted octanol–water partition coefficient (Wildman–Crippen LogP) is 3.83. The lowest BCUT2D eigenvalue weighted by Gasteiger charge is -2.27. The first-order valence-electron chi connectivity index (χ1n) is 10.6. The summed E-state index contributed by atoms with van der Waals surface area (Å²) in [4.78, 5) is 1.95. The van der Waals surface area contributed by atoms with Crippen LogP contribution >= 0.6 is 11.6 Å². The van der Waals surface area contributed by atoms with Crippen LogP contribution in [0, 0.1) is 0 Å². The zero-order chi connectivity index (χ0) is 23.8. The summed E-state index contributed by atoms with van der Waals surface area (Å²) >= 11 is 6.40. The first-order valence-corrected chi connectivity index (χ1v) is 12.9. The van der Waals surface area contributed by atoms with Crippen LogP contribution in [0.2, 0.25) is 5.02 Å². The molecule has 8 heteroatoms. The highest BCUT2D eigenvalue weighted by atomic mass is 35.5. The summed E-state index contributed by atoms with van der Waals surface area (Å²) < 4.78 is 26.5. The smallest absolute Gasteiger partial charge is 0.232 e. The third-order valence-electron chi connectivity index (χ3n) is 5.29. The highest BCUT2D eigenvalue weighted by Crippen LogP contribution is 2.32. The van der Waals surface area contributed by atoms with Gasteiger partial charge in [0.25, 0.3) is 0 Å². The van der Waals surface area contributed by atoms with Gasteiger partial charge in [-0.2, -0.15) is 0 Å².